The summed E-state index contributed by atoms with van der Waals surface area (Å²) >= 11 is 7.23. The fourth-order valence-corrected chi connectivity index (χ4v) is 3.66. The number of hydrogen-bond donors (Lipinski definition) is 1. The number of amides is 1. The van der Waals surface area contributed by atoms with E-state index in [0.29, 0.717) is 16.0 Å². The monoisotopic (exact) mass is 466 g/mol. The molecule has 1 amide bonds. The van der Waals surface area contributed by atoms with Gasteiger partial charge in [0.25, 0.3) is 5.91 Å². The number of nitrogens with zero attached hydrogens (tertiary/aromatic N) is 5. The van der Waals surface area contributed by atoms with Crippen molar-refractivity contribution >= 4 is 35.5 Å². The second-order valence-electron chi connectivity index (χ2n) is 6.46. The van der Waals surface area contributed by atoms with Gasteiger partial charge in [0.1, 0.15) is 5.82 Å². The summed E-state index contributed by atoms with van der Waals surface area (Å²) in [5, 5.41) is 13.5. The highest BCUT2D eigenvalue weighted by Gasteiger charge is 2.17. The molecule has 2 aromatic heterocycles. The average Bonchev–Trinajstić information content (AvgIpc) is 3.24. The number of thioether (sulfide) groups is 1. The molecule has 0 radical (unpaired) electrons. The van der Waals surface area contributed by atoms with Crippen molar-refractivity contribution in [2.75, 3.05) is 5.75 Å². The second kappa shape index (κ2) is 10.2. The number of carbonyl (C=O) groups is 1. The maximum absolute atomic E-state index is 13.6. The Morgan fingerprint density at radius 2 is 1.84 bits per heavy atom. The SMILES string of the molecule is O=C(CSc1nnc(-c2ccncc2)n1-c1ccc(Cl)cc1)N/N=C/c1ccccc1F. The van der Waals surface area contributed by atoms with E-state index >= 15 is 0 Å². The minimum atomic E-state index is -0.417. The van der Waals surface area contributed by atoms with Gasteiger partial charge in [0.05, 0.1) is 12.0 Å². The van der Waals surface area contributed by atoms with Crippen LogP contribution < -0.4 is 5.43 Å². The fourth-order valence-electron chi connectivity index (χ4n) is 2.79. The van der Waals surface area contributed by atoms with Gasteiger partial charge in [-0.05, 0) is 42.5 Å². The lowest BCUT2D eigenvalue weighted by atomic mass is 10.2. The first kappa shape index (κ1) is 21.7. The number of pyridine rings is 1. The van der Waals surface area contributed by atoms with Crippen LogP contribution in [0, 0.1) is 5.82 Å². The van der Waals surface area contributed by atoms with Crippen molar-refractivity contribution in [3.8, 4) is 17.1 Å². The Balaban J connectivity index is 1.51. The Bertz CT molecular complexity index is 1250. The summed E-state index contributed by atoms with van der Waals surface area (Å²) in [5.41, 5.74) is 4.30. The van der Waals surface area contributed by atoms with Crippen LogP contribution in [0.3, 0.4) is 0 Å². The molecule has 0 unspecified atom stereocenters. The molecule has 0 aliphatic heterocycles. The Kier molecular flexibility index (Phi) is 6.88. The zero-order valence-electron chi connectivity index (χ0n) is 16.5. The number of hydrazone groups is 1. The van der Waals surface area contributed by atoms with Gasteiger partial charge in [-0.2, -0.15) is 5.10 Å². The van der Waals surface area contributed by atoms with Crippen molar-refractivity contribution in [2.24, 2.45) is 5.10 Å². The third-order valence-corrected chi connectivity index (χ3v) is 5.47. The van der Waals surface area contributed by atoms with Gasteiger partial charge < -0.3 is 0 Å². The number of rotatable bonds is 7. The first-order valence-corrected chi connectivity index (χ1v) is 10.8. The third-order valence-electron chi connectivity index (χ3n) is 4.29. The number of benzene rings is 2. The molecule has 2 aromatic carbocycles. The molecule has 0 spiro atoms. The third kappa shape index (κ3) is 5.19. The first-order valence-electron chi connectivity index (χ1n) is 9.43. The molecule has 4 aromatic rings. The number of nitrogens with one attached hydrogen (secondary N) is 1. The molecular weight excluding hydrogens is 451 g/mol. The topological polar surface area (TPSA) is 85.1 Å². The highest BCUT2D eigenvalue weighted by atomic mass is 35.5. The molecule has 0 fully saturated rings. The smallest absolute Gasteiger partial charge is 0.250 e. The van der Waals surface area contributed by atoms with E-state index in [9.17, 15) is 9.18 Å². The van der Waals surface area contributed by atoms with Crippen LogP contribution in [-0.4, -0.2) is 37.6 Å². The Morgan fingerprint density at radius 1 is 1.09 bits per heavy atom. The first-order chi connectivity index (χ1) is 15.6. The minimum absolute atomic E-state index is 0.0384. The molecule has 10 heteroatoms. The zero-order valence-corrected chi connectivity index (χ0v) is 18.1. The second-order valence-corrected chi connectivity index (χ2v) is 7.84. The molecule has 7 nitrogen and oxygen atoms in total. The van der Waals surface area contributed by atoms with Gasteiger partial charge in [-0.1, -0.05) is 41.6 Å². The molecule has 0 aliphatic carbocycles. The predicted molar refractivity (Wildman–Crippen MR) is 122 cm³/mol. The van der Waals surface area contributed by atoms with Gasteiger partial charge in [-0.3, -0.25) is 14.3 Å². The van der Waals surface area contributed by atoms with Gasteiger partial charge in [0, 0.05) is 34.2 Å². The molecule has 1 N–H and O–H groups in total. The summed E-state index contributed by atoms with van der Waals surface area (Å²) in [5.74, 6) is -0.134. The highest BCUT2D eigenvalue weighted by molar-refractivity contribution is 7.99. The summed E-state index contributed by atoms with van der Waals surface area (Å²) in [7, 11) is 0. The van der Waals surface area contributed by atoms with Crippen molar-refractivity contribution < 1.29 is 9.18 Å². The van der Waals surface area contributed by atoms with E-state index in [0.717, 1.165) is 11.3 Å². The Hall–Kier alpha value is -3.56. The van der Waals surface area contributed by atoms with Gasteiger partial charge in [-0.25, -0.2) is 9.82 Å². The molecule has 2 heterocycles. The van der Waals surface area contributed by atoms with Crippen LogP contribution in [0.2, 0.25) is 5.02 Å². The Labute approximate surface area is 192 Å². The molecule has 0 saturated heterocycles. The molecular formula is C22H16ClFN6OS. The normalized spacial score (nSPS) is 11.1. The number of hydrogen-bond acceptors (Lipinski definition) is 6. The summed E-state index contributed by atoms with van der Waals surface area (Å²) in [4.78, 5) is 16.3. The van der Waals surface area contributed by atoms with Crippen molar-refractivity contribution in [3.63, 3.8) is 0 Å². The maximum Gasteiger partial charge on any atom is 0.250 e. The van der Waals surface area contributed by atoms with E-state index in [4.69, 9.17) is 11.6 Å². The maximum atomic E-state index is 13.6. The van der Waals surface area contributed by atoms with Crippen molar-refractivity contribution in [1.29, 1.82) is 0 Å². The molecule has 160 valence electrons. The van der Waals surface area contributed by atoms with E-state index in [-0.39, 0.29) is 17.2 Å². The van der Waals surface area contributed by atoms with Crippen molar-refractivity contribution in [1.82, 2.24) is 25.2 Å². The lowest BCUT2D eigenvalue weighted by molar-refractivity contribution is -0.118. The Morgan fingerprint density at radius 3 is 2.59 bits per heavy atom. The van der Waals surface area contributed by atoms with E-state index in [1.807, 2.05) is 28.8 Å². The van der Waals surface area contributed by atoms with Gasteiger partial charge >= 0.3 is 0 Å². The summed E-state index contributed by atoms with van der Waals surface area (Å²) in [6.45, 7) is 0. The fraction of sp³-hybridized carbons (Fsp3) is 0.0455. The lowest BCUT2D eigenvalue weighted by Gasteiger charge is -2.10. The number of aromatic nitrogens is 4. The van der Waals surface area contributed by atoms with E-state index < -0.39 is 5.82 Å². The standard InChI is InChI=1S/C22H16ClFN6OS/c23-17-5-7-18(8-6-17)30-21(15-9-11-25-12-10-15)28-29-22(30)32-14-20(31)27-26-13-16-3-1-2-4-19(16)24/h1-13H,14H2,(H,27,31)/b26-13+. The van der Waals surface area contributed by atoms with Gasteiger partial charge in [-0.15, -0.1) is 10.2 Å². The molecule has 0 saturated carbocycles. The number of halogens is 2. The van der Waals surface area contributed by atoms with Crippen LogP contribution in [-0.2, 0) is 4.79 Å². The van der Waals surface area contributed by atoms with E-state index in [1.54, 1.807) is 42.7 Å². The molecule has 0 bridgehead atoms. The van der Waals surface area contributed by atoms with Crippen LogP contribution in [0.4, 0.5) is 4.39 Å². The van der Waals surface area contributed by atoms with E-state index in [1.165, 1.54) is 24.0 Å². The van der Waals surface area contributed by atoms with Crippen LogP contribution in [0.1, 0.15) is 5.56 Å². The van der Waals surface area contributed by atoms with E-state index in [2.05, 4.69) is 25.7 Å². The van der Waals surface area contributed by atoms with Crippen LogP contribution in [0.5, 0.6) is 0 Å². The summed E-state index contributed by atoms with van der Waals surface area (Å²) < 4.78 is 15.5. The molecule has 0 aliphatic rings. The molecule has 32 heavy (non-hydrogen) atoms. The minimum Gasteiger partial charge on any atom is -0.272 e. The van der Waals surface area contributed by atoms with Gasteiger partial charge in [0.2, 0.25) is 0 Å². The average molecular weight is 467 g/mol. The summed E-state index contributed by atoms with van der Waals surface area (Å²) in [6, 6.07) is 17.0. The van der Waals surface area contributed by atoms with Crippen molar-refractivity contribution in [2.45, 2.75) is 5.16 Å². The van der Waals surface area contributed by atoms with Crippen molar-refractivity contribution in [3.05, 3.63) is 89.5 Å². The van der Waals surface area contributed by atoms with Crippen LogP contribution in [0.25, 0.3) is 17.1 Å². The lowest BCUT2D eigenvalue weighted by Crippen LogP contribution is -2.20. The molecule has 4 rings (SSSR count). The van der Waals surface area contributed by atoms with Crippen LogP contribution in [0.15, 0.2) is 83.3 Å². The van der Waals surface area contributed by atoms with Crippen LogP contribution >= 0.6 is 23.4 Å². The quantitative estimate of drug-likeness (QED) is 0.248. The number of carbonyl (C=O) groups excluding carboxylic acids is 1. The predicted octanol–water partition coefficient (Wildman–Crippen LogP) is 4.36. The van der Waals surface area contributed by atoms with Gasteiger partial charge in [0.15, 0.2) is 11.0 Å². The largest absolute Gasteiger partial charge is 0.272 e. The molecule has 0 atom stereocenters. The zero-order chi connectivity index (χ0) is 22.3. The highest BCUT2D eigenvalue weighted by Crippen LogP contribution is 2.28. The summed E-state index contributed by atoms with van der Waals surface area (Å²) in [6.07, 6.45) is 4.60.